The first-order valence-electron chi connectivity index (χ1n) is 4.71. The minimum Gasteiger partial charge on any atom is -0.382 e. The molecule has 0 bridgehead atoms. The van der Waals surface area contributed by atoms with Crippen molar-refractivity contribution in [1.82, 2.24) is 5.48 Å². The monoisotopic (exact) mass is 175 g/mol. The number of ether oxygens (including phenoxy) is 1. The van der Waals surface area contributed by atoms with Crippen molar-refractivity contribution in [2.75, 3.05) is 20.3 Å². The van der Waals surface area contributed by atoms with Gasteiger partial charge in [-0.15, -0.1) is 0 Å². The summed E-state index contributed by atoms with van der Waals surface area (Å²) in [5.41, 5.74) is 3.03. The summed E-state index contributed by atoms with van der Waals surface area (Å²) >= 11 is 0. The molecule has 3 heteroatoms. The average Bonchev–Trinajstić information content (AvgIpc) is 2.10. The summed E-state index contributed by atoms with van der Waals surface area (Å²) in [4.78, 5) is 5.20. The molecule has 0 saturated carbocycles. The Morgan fingerprint density at radius 1 is 1.25 bits per heavy atom. The van der Waals surface area contributed by atoms with E-state index in [0.717, 1.165) is 6.42 Å². The van der Waals surface area contributed by atoms with Crippen molar-refractivity contribution in [2.24, 2.45) is 0 Å². The fourth-order valence-corrected chi connectivity index (χ4v) is 0.997. The van der Waals surface area contributed by atoms with Crippen LogP contribution in [0, 0.1) is 0 Å². The van der Waals surface area contributed by atoms with Gasteiger partial charge >= 0.3 is 0 Å². The van der Waals surface area contributed by atoms with Gasteiger partial charge in [0.15, 0.2) is 0 Å². The third-order valence-electron chi connectivity index (χ3n) is 1.77. The molecule has 0 aromatic carbocycles. The topological polar surface area (TPSA) is 30.5 Å². The second-order valence-electron chi connectivity index (χ2n) is 2.85. The highest BCUT2D eigenvalue weighted by atomic mass is 16.7. The van der Waals surface area contributed by atoms with Crippen molar-refractivity contribution in [3.8, 4) is 0 Å². The summed E-state index contributed by atoms with van der Waals surface area (Å²) in [6, 6.07) is 0.492. The van der Waals surface area contributed by atoms with Crippen LogP contribution in [0.3, 0.4) is 0 Å². The van der Waals surface area contributed by atoms with Crippen molar-refractivity contribution in [1.29, 1.82) is 0 Å². The van der Waals surface area contributed by atoms with Crippen LogP contribution in [0.5, 0.6) is 0 Å². The van der Waals surface area contributed by atoms with Gasteiger partial charge < -0.3 is 4.74 Å². The SMILES string of the molecule is CCCC(CC)NOCCOC. The van der Waals surface area contributed by atoms with Crippen LogP contribution >= 0.6 is 0 Å². The molecule has 74 valence electrons. The summed E-state index contributed by atoms with van der Waals surface area (Å²) in [6.45, 7) is 5.61. The van der Waals surface area contributed by atoms with E-state index in [0.29, 0.717) is 19.3 Å². The molecule has 0 heterocycles. The lowest BCUT2D eigenvalue weighted by atomic mass is 10.1. The van der Waals surface area contributed by atoms with E-state index >= 15 is 0 Å². The summed E-state index contributed by atoms with van der Waals surface area (Å²) in [5, 5.41) is 0. The summed E-state index contributed by atoms with van der Waals surface area (Å²) < 4.78 is 4.85. The van der Waals surface area contributed by atoms with E-state index in [9.17, 15) is 0 Å². The molecule has 0 saturated heterocycles. The number of methoxy groups -OCH3 is 1. The van der Waals surface area contributed by atoms with Gasteiger partial charge in [-0.25, -0.2) is 0 Å². The van der Waals surface area contributed by atoms with E-state index in [1.807, 2.05) is 0 Å². The minimum atomic E-state index is 0.492. The number of hydrogen-bond donors (Lipinski definition) is 1. The Morgan fingerprint density at radius 2 is 2.00 bits per heavy atom. The van der Waals surface area contributed by atoms with Crippen LogP contribution in [-0.4, -0.2) is 26.4 Å². The third kappa shape index (κ3) is 6.58. The van der Waals surface area contributed by atoms with Crippen LogP contribution < -0.4 is 5.48 Å². The highest BCUT2D eigenvalue weighted by molar-refractivity contribution is 4.57. The first-order chi connectivity index (χ1) is 5.85. The van der Waals surface area contributed by atoms with Crippen LogP contribution in [0.1, 0.15) is 33.1 Å². The molecule has 0 radical (unpaired) electrons. The summed E-state index contributed by atoms with van der Waals surface area (Å²) in [7, 11) is 1.67. The molecule has 1 N–H and O–H groups in total. The molecular formula is C9H21NO2. The van der Waals surface area contributed by atoms with Gasteiger partial charge in [0.1, 0.15) is 0 Å². The maximum atomic E-state index is 5.20. The van der Waals surface area contributed by atoms with E-state index in [4.69, 9.17) is 9.57 Å². The van der Waals surface area contributed by atoms with E-state index in [2.05, 4.69) is 19.3 Å². The lowest BCUT2D eigenvalue weighted by Crippen LogP contribution is -2.29. The Bertz CT molecular complexity index is 88.6. The first-order valence-corrected chi connectivity index (χ1v) is 4.71. The quantitative estimate of drug-likeness (QED) is 0.450. The molecule has 0 aliphatic rings. The van der Waals surface area contributed by atoms with Gasteiger partial charge in [0.05, 0.1) is 13.2 Å². The minimum absolute atomic E-state index is 0.492. The highest BCUT2D eigenvalue weighted by Gasteiger charge is 2.02. The summed E-state index contributed by atoms with van der Waals surface area (Å²) in [6.07, 6.45) is 3.48. The third-order valence-corrected chi connectivity index (χ3v) is 1.77. The predicted octanol–water partition coefficient (Wildman–Crippen LogP) is 1.73. The fourth-order valence-electron chi connectivity index (χ4n) is 0.997. The smallest absolute Gasteiger partial charge is 0.0915 e. The Hall–Kier alpha value is -0.120. The lowest BCUT2D eigenvalue weighted by Gasteiger charge is -2.15. The Labute approximate surface area is 75.4 Å². The Kier molecular flexibility index (Phi) is 8.88. The van der Waals surface area contributed by atoms with E-state index in [1.54, 1.807) is 7.11 Å². The van der Waals surface area contributed by atoms with Crippen molar-refractivity contribution in [3.63, 3.8) is 0 Å². The van der Waals surface area contributed by atoms with Crippen molar-refractivity contribution in [2.45, 2.75) is 39.2 Å². The zero-order valence-corrected chi connectivity index (χ0v) is 8.43. The zero-order valence-electron chi connectivity index (χ0n) is 8.43. The molecule has 0 amide bonds. The highest BCUT2D eigenvalue weighted by Crippen LogP contribution is 2.00. The van der Waals surface area contributed by atoms with E-state index in [-0.39, 0.29) is 0 Å². The first kappa shape index (κ1) is 11.9. The largest absolute Gasteiger partial charge is 0.382 e. The molecule has 0 aliphatic heterocycles. The molecular weight excluding hydrogens is 154 g/mol. The van der Waals surface area contributed by atoms with Gasteiger partial charge in [-0.3, -0.25) is 4.84 Å². The molecule has 0 spiro atoms. The van der Waals surface area contributed by atoms with Crippen molar-refractivity contribution < 1.29 is 9.57 Å². The molecule has 1 atom stereocenters. The number of nitrogens with one attached hydrogen (secondary N) is 1. The lowest BCUT2D eigenvalue weighted by molar-refractivity contribution is -0.0140. The van der Waals surface area contributed by atoms with Crippen LogP contribution in [-0.2, 0) is 9.57 Å². The maximum Gasteiger partial charge on any atom is 0.0915 e. The molecule has 1 unspecified atom stereocenters. The molecule has 12 heavy (non-hydrogen) atoms. The Morgan fingerprint density at radius 3 is 2.50 bits per heavy atom. The van der Waals surface area contributed by atoms with E-state index < -0.39 is 0 Å². The fraction of sp³-hybridized carbons (Fsp3) is 1.00. The molecule has 0 aromatic rings. The maximum absolute atomic E-state index is 5.20. The number of hydrogen-bond acceptors (Lipinski definition) is 3. The van der Waals surface area contributed by atoms with Crippen LogP contribution in [0.25, 0.3) is 0 Å². The number of rotatable bonds is 8. The molecule has 3 nitrogen and oxygen atoms in total. The van der Waals surface area contributed by atoms with Gasteiger partial charge in [-0.1, -0.05) is 20.3 Å². The van der Waals surface area contributed by atoms with Gasteiger partial charge in [-0.05, 0) is 12.8 Å². The van der Waals surface area contributed by atoms with Gasteiger partial charge in [0.2, 0.25) is 0 Å². The van der Waals surface area contributed by atoms with Crippen LogP contribution in [0.4, 0.5) is 0 Å². The second-order valence-corrected chi connectivity index (χ2v) is 2.85. The second kappa shape index (κ2) is 8.97. The van der Waals surface area contributed by atoms with Crippen LogP contribution in [0.15, 0.2) is 0 Å². The molecule has 0 aromatic heterocycles. The Balaban J connectivity index is 3.19. The van der Waals surface area contributed by atoms with Gasteiger partial charge in [0, 0.05) is 13.2 Å². The predicted molar refractivity (Wildman–Crippen MR) is 50.0 cm³/mol. The van der Waals surface area contributed by atoms with Crippen molar-refractivity contribution >= 4 is 0 Å². The average molecular weight is 175 g/mol. The summed E-state index contributed by atoms with van der Waals surface area (Å²) in [5.74, 6) is 0. The van der Waals surface area contributed by atoms with Gasteiger partial charge in [-0.2, -0.15) is 5.48 Å². The van der Waals surface area contributed by atoms with E-state index in [1.165, 1.54) is 12.8 Å². The van der Waals surface area contributed by atoms with Crippen LogP contribution in [0.2, 0.25) is 0 Å². The molecule has 0 rings (SSSR count). The molecule has 0 fully saturated rings. The zero-order chi connectivity index (χ0) is 9.23. The van der Waals surface area contributed by atoms with Gasteiger partial charge in [0.25, 0.3) is 0 Å². The normalized spacial score (nSPS) is 13.2. The standard InChI is InChI=1S/C9H21NO2/c1-4-6-9(5-2)10-12-8-7-11-3/h9-10H,4-8H2,1-3H3. The van der Waals surface area contributed by atoms with Crippen molar-refractivity contribution in [3.05, 3.63) is 0 Å². The number of hydroxylamine groups is 1. The molecule has 0 aliphatic carbocycles.